The summed E-state index contributed by atoms with van der Waals surface area (Å²) < 4.78 is 5.48. The lowest BCUT2D eigenvalue weighted by atomic mass is 9.66. The minimum atomic E-state index is -0.438. The molecule has 0 heterocycles. The summed E-state index contributed by atoms with van der Waals surface area (Å²) in [5.74, 6) is 0.367. The Bertz CT molecular complexity index is 268. The number of esters is 1. The summed E-state index contributed by atoms with van der Waals surface area (Å²) in [6, 6.07) is 0. The molecule has 0 N–H and O–H groups in total. The first-order valence-corrected chi connectivity index (χ1v) is 5.62. The predicted molar refractivity (Wildman–Crippen MR) is 61.5 cm³/mol. The highest BCUT2D eigenvalue weighted by molar-refractivity contribution is 5.66. The zero-order valence-electron chi connectivity index (χ0n) is 10.3. The number of rotatable bonds is 2. The molecule has 15 heavy (non-hydrogen) atoms. The molecule has 0 aliphatic heterocycles. The second kappa shape index (κ2) is 3.99. The Morgan fingerprint density at radius 1 is 1.47 bits per heavy atom. The van der Waals surface area contributed by atoms with Crippen LogP contribution in [0.3, 0.4) is 0 Å². The zero-order valence-corrected chi connectivity index (χ0v) is 10.3. The molecule has 2 unspecified atom stereocenters. The molecule has 1 rings (SSSR count). The van der Waals surface area contributed by atoms with Crippen molar-refractivity contribution in [2.24, 2.45) is 11.3 Å². The molecule has 1 aliphatic rings. The number of hydrogen-bond donors (Lipinski definition) is 0. The molecule has 0 bridgehead atoms. The smallest absolute Gasteiger partial charge is 0.303 e. The van der Waals surface area contributed by atoms with Gasteiger partial charge in [0.2, 0.25) is 0 Å². The standard InChI is InChI=1S/C13H22O2/c1-6-13(15-11(3)14)8-10(2)7-12(4,5)9-13/h6,10H,1,7-9H2,2-5H3. The molecule has 86 valence electrons. The number of carbonyl (C=O) groups is 1. The van der Waals surface area contributed by atoms with E-state index < -0.39 is 5.60 Å². The van der Waals surface area contributed by atoms with E-state index in [1.54, 1.807) is 0 Å². The van der Waals surface area contributed by atoms with Gasteiger partial charge in [0.25, 0.3) is 0 Å². The van der Waals surface area contributed by atoms with Crippen molar-refractivity contribution >= 4 is 5.97 Å². The lowest BCUT2D eigenvalue weighted by Crippen LogP contribution is -2.43. The molecule has 2 atom stereocenters. The summed E-state index contributed by atoms with van der Waals surface area (Å²) in [5, 5.41) is 0. The van der Waals surface area contributed by atoms with Crippen LogP contribution >= 0.6 is 0 Å². The predicted octanol–water partition coefficient (Wildman–Crippen LogP) is 3.32. The van der Waals surface area contributed by atoms with Crippen LogP contribution in [-0.4, -0.2) is 11.6 Å². The van der Waals surface area contributed by atoms with Crippen molar-refractivity contribution in [3.05, 3.63) is 12.7 Å². The third-order valence-corrected chi connectivity index (χ3v) is 3.09. The molecule has 0 radical (unpaired) electrons. The van der Waals surface area contributed by atoms with Crippen LogP contribution in [0.25, 0.3) is 0 Å². The summed E-state index contributed by atoms with van der Waals surface area (Å²) >= 11 is 0. The topological polar surface area (TPSA) is 26.3 Å². The van der Waals surface area contributed by atoms with Crippen molar-refractivity contribution in [3.63, 3.8) is 0 Å². The van der Waals surface area contributed by atoms with E-state index in [1.807, 2.05) is 6.08 Å². The SMILES string of the molecule is C=CC1(OC(C)=O)CC(C)CC(C)(C)C1. The van der Waals surface area contributed by atoms with Crippen LogP contribution in [0.5, 0.6) is 0 Å². The van der Waals surface area contributed by atoms with E-state index in [0.717, 1.165) is 12.8 Å². The fraction of sp³-hybridized carbons (Fsp3) is 0.769. The second-order valence-corrected chi connectivity index (χ2v) is 5.72. The van der Waals surface area contributed by atoms with Crippen LogP contribution in [0.4, 0.5) is 0 Å². The first kappa shape index (κ1) is 12.3. The van der Waals surface area contributed by atoms with Gasteiger partial charge in [-0.15, -0.1) is 0 Å². The van der Waals surface area contributed by atoms with E-state index in [2.05, 4.69) is 27.4 Å². The van der Waals surface area contributed by atoms with Gasteiger partial charge >= 0.3 is 5.97 Å². The lowest BCUT2D eigenvalue weighted by molar-refractivity contribution is -0.159. The Balaban J connectivity index is 2.88. The highest BCUT2D eigenvalue weighted by Crippen LogP contribution is 2.46. The van der Waals surface area contributed by atoms with Crippen LogP contribution in [-0.2, 0) is 9.53 Å². The molecular formula is C13H22O2. The molecular weight excluding hydrogens is 188 g/mol. The summed E-state index contributed by atoms with van der Waals surface area (Å²) in [7, 11) is 0. The number of carbonyl (C=O) groups excluding carboxylic acids is 1. The lowest BCUT2D eigenvalue weighted by Gasteiger charge is -2.45. The number of hydrogen-bond acceptors (Lipinski definition) is 2. The van der Waals surface area contributed by atoms with Gasteiger partial charge in [-0.2, -0.15) is 0 Å². The van der Waals surface area contributed by atoms with Crippen LogP contribution in [0.15, 0.2) is 12.7 Å². The summed E-state index contributed by atoms with van der Waals surface area (Å²) in [4.78, 5) is 11.1. The van der Waals surface area contributed by atoms with E-state index in [1.165, 1.54) is 13.3 Å². The van der Waals surface area contributed by atoms with E-state index in [-0.39, 0.29) is 11.4 Å². The fourth-order valence-electron chi connectivity index (χ4n) is 3.12. The molecule has 0 amide bonds. The van der Waals surface area contributed by atoms with Crippen LogP contribution in [0.2, 0.25) is 0 Å². The van der Waals surface area contributed by atoms with Gasteiger partial charge in [-0.1, -0.05) is 27.4 Å². The molecule has 0 aromatic heterocycles. The van der Waals surface area contributed by atoms with E-state index in [0.29, 0.717) is 5.92 Å². The molecule has 1 saturated carbocycles. The Morgan fingerprint density at radius 2 is 2.07 bits per heavy atom. The van der Waals surface area contributed by atoms with E-state index >= 15 is 0 Å². The van der Waals surface area contributed by atoms with Gasteiger partial charge in [-0.3, -0.25) is 4.79 Å². The second-order valence-electron chi connectivity index (χ2n) is 5.72. The first-order chi connectivity index (χ1) is 6.79. The Morgan fingerprint density at radius 3 is 2.47 bits per heavy atom. The van der Waals surface area contributed by atoms with Crippen molar-refractivity contribution in [2.75, 3.05) is 0 Å². The van der Waals surface area contributed by atoms with Gasteiger partial charge in [0.05, 0.1) is 0 Å². The van der Waals surface area contributed by atoms with Gasteiger partial charge in [-0.25, -0.2) is 0 Å². The molecule has 2 nitrogen and oxygen atoms in total. The Hall–Kier alpha value is -0.790. The van der Waals surface area contributed by atoms with Crippen LogP contribution < -0.4 is 0 Å². The highest BCUT2D eigenvalue weighted by atomic mass is 16.6. The molecule has 0 saturated heterocycles. The van der Waals surface area contributed by atoms with Gasteiger partial charge in [-0.05, 0) is 36.7 Å². The third kappa shape index (κ3) is 3.08. The normalized spacial score (nSPS) is 34.5. The summed E-state index contributed by atoms with van der Waals surface area (Å²) in [5.41, 5.74) is -0.214. The van der Waals surface area contributed by atoms with Gasteiger partial charge in [0.1, 0.15) is 5.60 Å². The van der Waals surface area contributed by atoms with Gasteiger partial charge in [0.15, 0.2) is 0 Å². The minimum absolute atomic E-state index is 0.209. The molecule has 1 fully saturated rings. The third-order valence-electron chi connectivity index (χ3n) is 3.09. The Labute approximate surface area is 92.7 Å². The summed E-state index contributed by atoms with van der Waals surface area (Å²) in [6.45, 7) is 12.0. The van der Waals surface area contributed by atoms with Gasteiger partial charge in [0, 0.05) is 6.92 Å². The van der Waals surface area contributed by atoms with Crippen molar-refractivity contribution < 1.29 is 9.53 Å². The van der Waals surface area contributed by atoms with Crippen LogP contribution in [0, 0.1) is 11.3 Å². The van der Waals surface area contributed by atoms with Crippen molar-refractivity contribution in [1.82, 2.24) is 0 Å². The quantitative estimate of drug-likeness (QED) is 0.516. The fourth-order valence-corrected chi connectivity index (χ4v) is 3.12. The maximum atomic E-state index is 11.1. The zero-order chi connectivity index (χ0) is 11.7. The Kier molecular flexibility index (Phi) is 3.27. The average Bonchev–Trinajstić information content (AvgIpc) is 1.98. The monoisotopic (exact) mass is 210 g/mol. The van der Waals surface area contributed by atoms with E-state index in [9.17, 15) is 4.79 Å². The average molecular weight is 210 g/mol. The van der Waals surface area contributed by atoms with Crippen molar-refractivity contribution in [3.8, 4) is 0 Å². The molecule has 0 aromatic carbocycles. The maximum absolute atomic E-state index is 11.1. The largest absolute Gasteiger partial charge is 0.455 e. The van der Waals surface area contributed by atoms with Crippen LogP contribution in [0.1, 0.15) is 47.0 Å². The molecule has 0 spiro atoms. The molecule has 1 aliphatic carbocycles. The first-order valence-electron chi connectivity index (χ1n) is 5.62. The molecule has 2 heteroatoms. The molecule has 0 aromatic rings. The van der Waals surface area contributed by atoms with E-state index in [4.69, 9.17) is 4.74 Å². The minimum Gasteiger partial charge on any atom is -0.455 e. The van der Waals surface area contributed by atoms with Crippen molar-refractivity contribution in [1.29, 1.82) is 0 Å². The number of ether oxygens (including phenoxy) is 1. The maximum Gasteiger partial charge on any atom is 0.303 e. The highest BCUT2D eigenvalue weighted by Gasteiger charge is 2.43. The summed E-state index contributed by atoms with van der Waals surface area (Å²) in [6.07, 6.45) is 4.78. The van der Waals surface area contributed by atoms with Gasteiger partial charge < -0.3 is 4.74 Å². The van der Waals surface area contributed by atoms with Crippen molar-refractivity contribution in [2.45, 2.75) is 52.6 Å².